The van der Waals surface area contributed by atoms with E-state index >= 15 is 0 Å². The largest absolute Gasteiger partial charge is 0.461 e. The summed E-state index contributed by atoms with van der Waals surface area (Å²) in [4.78, 5) is 56.4. The molecule has 4 aromatic rings. The minimum absolute atomic E-state index is 0.0327. The fraction of sp³-hybridized carbons (Fsp3) is 0.257. The first-order valence-corrected chi connectivity index (χ1v) is 15.7. The molecule has 0 saturated carbocycles. The summed E-state index contributed by atoms with van der Waals surface area (Å²) in [7, 11) is 0. The predicted octanol–water partition coefficient (Wildman–Crippen LogP) is 6.05. The van der Waals surface area contributed by atoms with Gasteiger partial charge in [-0.25, -0.2) is 4.79 Å². The molecular weight excluding hydrogens is 604 g/mol. The number of hydrogen-bond donors (Lipinski definition) is 2. The van der Waals surface area contributed by atoms with Crippen LogP contribution >= 0.6 is 11.3 Å². The van der Waals surface area contributed by atoms with Gasteiger partial charge in [-0.1, -0.05) is 60.7 Å². The Morgan fingerprint density at radius 1 is 0.870 bits per heavy atom. The molecule has 0 saturated heterocycles. The average Bonchev–Trinajstić information content (AvgIpc) is 3.42. The zero-order valence-corrected chi connectivity index (χ0v) is 26.7. The topological polar surface area (TPSA) is 117 Å². The number of ether oxygens (including phenoxy) is 2. The third-order valence-electron chi connectivity index (χ3n) is 7.02. The van der Waals surface area contributed by atoms with Crippen LogP contribution in [0.2, 0.25) is 0 Å². The third-order valence-corrected chi connectivity index (χ3v) is 7.90. The fourth-order valence-corrected chi connectivity index (χ4v) is 5.85. The van der Waals surface area contributed by atoms with Crippen molar-refractivity contribution in [3.63, 3.8) is 0 Å². The number of urea groups is 1. The minimum atomic E-state index is -1.05. The lowest BCUT2D eigenvalue weighted by Crippen LogP contribution is -2.53. The van der Waals surface area contributed by atoms with E-state index in [0.717, 1.165) is 11.3 Å². The van der Waals surface area contributed by atoms with Crippen molar-refractivity contribution in [2.24, 2.45) is 0 Å². The second-order valence-corrected chi connectivity index (χ2v) is 12.6. The number of nitrogens with one attached hydrogen (secondary N) is 2. The molecule has 3 aromatic carbocycles. The van der Waals surface area contributed by atoms with Crippen LogP contribution in [-0.2, 0) is 36.9 Å². The van der Waals surface area contributed by atoms with Crippen molar-refractivity contribution in [3.05, 3.63) is 108 Å². The van der Waals surface area contributed by atoms with Crippen LogP contribution in [0, 0.1) is 0 Å². The summed E-state index contributed by atoms with van der Waals surface area (Å²) < 4.78 is 11.0. The monoisotopic (exact) mass is 640 g/mol. The molecule has 10 nitrogen and oxygen atoms in total. The van der Waals surface area contributed by atoms with Crippen LogP contribution in [-0.4, -0.2) is 48.6 Å². The SMILES string of the molecule is CC(C)(C)OC(=O)CN1C(=O)C(NC(=O)Nc2sccc2CC(=O)OCc2ccccc2)CN(c2ccccc2)c2ccccc21. The van der Waals surface area contributed by atoms with Gasteiger partial charge in [0.05, 0.1) is 24.3 Å². The van der Waals surface area contributed by atoms with E-state index in [1.54, 1.807) is 44.4 Å². The molecule has 238 valence electrons. The van der Waals surface area contributed by atoms with Crippen LogP contribution in [0.4, 0.5) is 26.9 Å². The lowest BCUT2D eigenvalue weighted by atomic mass is 10.2. The smallest absolute Gasteiger partial charge is 0.326 e. The van der Waals surface area contributed by atoms with E-state index in [9.17, 15) is 19.2 Å². The zero-order chi connectivity index (χ0) is 32.7. The molecule has 1 atom stereocenters. The van der Waals surface area contributed by atoms with Crippen molar-refractivity contribution in [2.45, 2.75) is 45.4 Å². The quantitative estimate of drug-likeness (QED) is 0.214. The summed E-state index contributed by atoms with van der Waals surface area (Å²) in [6, 6.07) is 26.2. The normalized spacial score (nSPS) is 14.6. The van der Waals surface area contributed by atoms with Crippen LogP contribution in [0.15, 0.2) is 96.4 Å². The molecule has 1 unspecified atom stereocenters. The molecule has 1 aliphatic heterocycles. The number of thiophene rings is 1. The molecule has 0 radical (unpaired) electrons. The Morgan fingerprint density at radius 2 is 1.52 bits per heavy atom. The van der Waals surface area contributed by atoms with E-state index in [0.29, 0.717) is 21.9 Å². The van der Waals surface area contributed by atoms with Gasteiger partial charge in [0, 0.05) is 5.69 Å². The van der Waals surface area contributed by atoms with Crippen molar-refractivity contribution in [1.29, 1.82) is 0 Å². The average molecular weight is 641 g/mol. The molecule has 2 N–H and O–H groups in total. The summed E-state index contributed by atoms with van der Waals surface area (Å²) >= 11 is 1.26. The highest BCUT2D eigenvalue weighted by molar-refractivity contribution is 7.14. The molecule has 0 fully saturated rings. The molecule has 2 heterocycles. The van der Waals surface area contributed by atoms with Crippen molar-refractivity contribution in [3.8, 4) is 0 Å². The number of anilines is 4. The molecule has 1 aliphatic rings. The Kier molecular flexibility index (Phi) is 10.0. The number of para-hydroxylation sites is 3. The van der Waals surface area contributed by atoms with E-state index in [2.05, 4.69) is 10.6 Å². The first-order valence-electron chi connectivity index (χ1n) is 14.9. The number of hydrogen-bond acceptors (Lipinski definition) is 8. The van der Waals surface area contributed by atoms with Gasteiger partial charge in [-0.15, -0.1) is 11.3 Å². The second kappa shape index (κ2) is 14.3. The molecule has 0 spiro atoms. The van der Waals surface area contributed by atoms with Crippen LogP contribution < -0.4 is 20.4 Å². The number of nitrogens with zero attached hydrogens (tertiary/aromatic N) is 2. The van der Waals surface area contributed by atoms with Crippen LogP contribution in [0.3, 0.4) is 0 Å². The van der Waals surface area contributed by atoms with E-state index < -0.39 is 35.5 Å². The van der Waals surface area contributed by atoms with Crippen molar-refractivity contribution in [1.82, 2.24) is 5.32 Å². The maximum Gasteiger partial charge on any atom is 0.326 e. The second-order valence-electron chi connectivity index (χ2n) is 11.7. The molecule has 11 heteroatoms. The predicted molar refractivity (Wildman–Crippen MR) is 178 cm³/mol. The molecule has 46 heavy (non-hydrogen) atoms. The lowest BCUT2D eigenvalue weighted by molar-refractivity contribution is -0.153. The van der Waals surface area contributed by atoms with Gasteiger partial charge in [-0.2, -0.15) is 0 Å². The maximum atomic E-state index is 14.1. The maximum absolute atomic E-state index is 14.1. The summed E-state index contributed by atoms with van der Waals surface area (Å²) in [5.41, 5.74) is 2.75. The zero-order valence-electron chi connectivity index (χ0n) is 25.9. The molecule has 5 rings (SSSR count). The van der Waals surface area contributed by atoms with Crippen molar-refractivity contribution in [2.75, 3.05) is 28.2 Å². The fourth-order valence-electron chi connectivity index (χ4n) is 5.04. The van der Waals surface area contributed by atoms with E-state index in [4.69, 9.17) is 9.47 Å². The van der Waals surface area contributed by atoms with Crippen molar-refractivity contribution < 1.29 is 28.7 Å². The van der Waals surface area contributed by atoms with Gasteiger partial charge < -0.3 is 19.7 Å². The van der Waals surface area contributed by atoms with E-state index in [-0.39, 0.29) is 26.1 Å². The van der Waals surface area contributed by atoms with Gasteiger partial charge >= 0.3 is 18.0 Å². The Balaban J connectivity index is 1.34. The summed E-state index contributed by atoms with van der Waals surface area (Å²) in [6.07, 6.45) is -0.0327. The molecule has 1 aromatic heterocycles. The first kappa shape index (κ1) is 32.2. The Hall–Kier alpha value is -5.16. The van der Waals surface area contributed by atoms with Crippen LogP contribution in [0.1, 0.15) is 31.9 Å². The highest BCUT2D eigenvalue weighted by Gasteiger charge is 2.37. The lowest BCUT2D eigenvalue weighted by Gasteiger charge is -2.27. The van der Waals surface area contributed by atoms with E-state index in [1.807, 2.05) is 77.7 Å². The number of amides is 3. The van der Waals surface area contributed by atoms with Crippen molar-refractivity contribution >= 4 is 57.3 Å². The number of benzene rings is 3. The highest BCUT2D eigenvalue weighted by atomic mass is 32.1. The van der Waals surface area contributed by atoms with Gasteiger partial charge in [0.15, 0.2) is 0 Å². The van der Waals surface area contributed by atoms with Gasteiger partial charge in [0.1, 0.15) is 29.8 Å². The number of esters is 2. The molecule has 0 bridgehead atoms. The minimum Gasteiger partial charge on any atom is -0.461 e. The third kappa shape index (κ3) is 8.30. The Labute approximate surface area is 271 Å². The Bertz CT molecular complexity index is 1690. The summed E-state index contributed by atoms with van der Waals surface area (Å²) in [5, 5.41) is 7.84. The molecule has 3 amide bonds. The summed E-state index contributed by atoms with van der Waals surface area (Å²) in [6.45, 7) is 5.19. The number of rotatable bonds is 9. The standard InChI is InChI=1S/C35H36N4O6S/c1-35(2,3)45-31(41)22-39-29-17-11-10-16-28(29)38(26-14-8-5-9-15-26)21-27(33(39)42)36-34(43)37-32-25(18-19-46-32)20-30(40)44-23-24-12-6-4-7-13-24/h4-19,27H,20-23H2,1-3H3,(H2,36,37,43). The van der Waals surface area contributed by atoms with Gasteiger partial charge in [-0.05, 0) is 67.6 Å². The highest BCUT2D eigenvalue weighted by Crippen LogP contribution is 2.37. The van der Waals surface area contributed by atoms with Crippen LogP contribution in [0.5, 0.6) is 0 Å². The first-order chi connectivity index (χ1) is 22.1. The van der Waals surface area contributed by atoms with Gasteiger partial charge in [0.2, 0.25) is 0 Å². The number of carbonyl (C=O) groups excluding carboxylic acids is 4. The summed E-state index contributed by atoms with van der Waals surface area (Å²) in [5.74, 6) is -1.48. The van der Waals surface area contributed by atoms with Gasteiger partial charge in [0.25, 0.3) is 5.91 Å². The number of fused-ring (bicyclic) bond motifs is 1. The van der Waals surface area contributed by atoms with E-state index in [1.165, 1.54) is 16.2 Å². The number of carbonyl (C=O) groups is 4. The molecular formula is C35H36N4O6S. The molecule has 0 aliphatic carbocycles. The Morgan fingerprint density at radius 3 is 2.22 bits per heavy atom. The van der Waals surface area contributed by atoms with Crippen LogP contribution in [0.25, 0.3) is 0 Å². The van der Waals surface area contributed by atoms with Gasteiger partial charge in [-0.3, -0.25) is 24.6 Å².